The molecule has 0 aliphatic carbocycles. The number of carbonyl (C=O) groups excluding carboxylic acids is 1. The minimum atomic E-state index is -0.530. The predicted octanol–water partition coefficient (Wildman–Crippen LogP) is 4.53. The van der Waals surface area contributed by atoms with Crippen LogP contribution in [0.1, 0.15) is 58.7 Å². The number of halogens is 1. The van der Waals surface area contributed by atoms with E-state index in [0.717, 1.165) is 25.0 Å². The predicted molar refractivity (Wildman–Crippen MR) is 127 cm³/mol. The molecule has 33 heavy (non-hydrogen) atoms. The van der Waals surface area contributed by atoms with Crippen LogP contribution in [-0.2, 0) is 4.74 Å². The Morgan fingerprint density at radius 3 is 2.88 bits per heavy atom. The first-order chi connectivity index (χ1) is 15.6. The van der Waals surface area contributed by atoms with Crippen molar-refractivity contribution >= 4 is 35.1 Å². The number of rotatable bonds is 1. The maximum absolute atomic E-state index is 12.6. The lowest BCUT2D eigenvalue weighted by Gasteiger charge is -2.34. The molecule has 2 bridgehead atoms. The molecule has 1 fully saturated rings. The van der Waals surface area contributed by atoms with E-state index in [1.807, 2.05) is 39.3 Å². The molecule has 2 aliphatic heterocycles. The largest absolute Gasteiger partial charge is 0.475 e. The molecule has 2 aliphatic rings. The summed E-state index contributed by atoms with van der Waals surface area (Å²) < 4.78 is 13.6. The third-order valence-electron chi connectivity index (χ3n) is 5.67. The summed E-state index contributed by atoms with van der Waals surface area (Å²) in [5.41, 5.74) is 1.08. The summed E-state index contributed by atoms with van der Waals surface area (Å²) in [7, 11) is 0. The van der Waals surface area contributed by atoms with E-state index in [9.17, 15) is 4.79 Å². The van der Waals surface area contributed by atoms with Crippen molar-refractivity contribution < 1.29 is 14.3 Å². The zero-order valence-electron chi connectivity index (χ0n) is 19.8. The Kier molecular flexibility index (Phi) is 6.56. The number of aromatic nitrogens is 4. The molecule has 180 valence electrons. The summed E-state index contributed by atoms with van der Waals surface area (Å²) >= 11 is 6.27. The number of amides is 1. The first-order valence-corrected chi connectivity index (χ1v) is 11.7. The highest BCUT2D eigenvalue weighted by molar-refractivity contribution is 6.32. The van der Waals surface area contributed by atoms with Crippen LogP contribution < -0.4 is 15.4 Å². The summed E-state index contributed by atoms with van der Waals surface area (Å²) in [5, 5.41) is 11.8. The van der Waals surface area contributed by atoms with Gasteiger partial charge in [-0.15, -0.1) is 5.10 Å². The van der Waals surface area contributed by atoms with Crippen LogP contribution in [0.2, 0.25) is 5.02 Å². The van der Waals surface area contributed by atoms with Gasteiger partial charge in [0.15, 0.2) is 5.82 Å². The molecule has 2 N–H and O–H groups in total. The van der Waals surface area contributed by atoms with Crippen molar-refractivity contribution in [1.82, 2.24) is 24.6 Å². The van der Waals surface area contributed by atoms with Crippen molar-refractivity contribution in [3.63, 3.8) is 0 Å². The topological polar surface area (TPSA) is 106 Å². The molecule has 2 aromatic heterocycles. The Bertz CT molecular complexity index is 1020. The lowest BCUT2D eigenvalue weighted by molar-refractivity contribution is 0.0166. The minimum Gasteiger partial charge on any atom is -0.475 e. The molecule has 2 atom stereocenters. The molecule has 1 amide bonds. The highest BCUT2D eigenvalue weighted by Gasteiger charge is 2.31. The fourth-order valence-corrected chi connectivity index (χ4v) is 4.16. The van der Waals surface area contributed by atoms with Gasteiger partial charge in [0.2, 0.25) is 5.95 Å². The average Bonchev–Trinajstić information content (AvgIpc) is 3.03. The second-order valence-electron chi connectivity index (χ2n) is 9.63. The highest BCUT2D eigenvalue weighted by Crippen LogP contribution is 2.35. The zero-order chi connectivity index (χ0) is 23.8. The molecule has 0 saturated carbocycles. The quantitative estimate of drug-likeness (QED) is 0.616. The van der Waals surface area contributed by atoms with Crippen LogP contribution in [0.5, 0.6) is 5.88 Å². The maximum Gasteiger partial charge on any atom is 0.410 e. The molecule has 4 rings (SSSR count). The van der Waals surface area contributed by atoms with Crippen molar-refractivity contribution in [3.05, 3.63) is 16.9 Å². The van der Waals surface area contributed by atoms with Crippen LogP contribution in [-0.4, -0.2) is 62.1 Å². The minimum absolute atomic E-state index is 0.0133. The smallest absolute Gasteiger partial charge is 0.410 e. The number of hydrogen-bond acceptors (Lipinski definition) is 8. The van der Waals surface area contributed by atoms with Crippen LogP contribution in [0.25, 0.3) is 0 Å². The Morgan fingerprint density at radius 1 is 1.33 bits per heavy atom. The number of likely N-dealkylation sites (tertiary alicyclic amines) is 1. The van der Waals surface area contributed by atoms with E-state index in [0.29, 0.717) is 48.1 Å². The number of nitrogens with one attached hydrogen (secondary N) is 2. The molecule has 1 unspecified atom stereocenters. The second kappa shape index (κ2) is 9.24. The SMILES string of the molecule is Cc1c2c(nn1C1CCCN(C(=O)OC(C)(C)C)C1)OCC[C@@H](C)Nc1nc(ncc1Cl)N2. The van der Waals surface area contributed by atoms with Gasteiger partial charge in [-0.25, -0.2) is 9.78 Å². The number of piperidine rings is 1. The van der Waals surface area contributed by atoms with Crippen molar-refractivity contribution in [2.45, 2.75) is 71.6 Å². The van der Waals surface area contributed by atoms with Crippen molar-refractivity contribution in [1.29, 1.82) is 0 Å². The Hall–Kier alpha value is -2.75. The number of hydrogen-bond donors (Lipinski definition) is 2. The average molecular weight is 478 g/mol. The van der Waals surface area contributed by atoms with Gasteiger partial charge >= 0.3 is 6.09 Å². The number of carbonyl (C=O) groups is 1. The van der Waals surface area contributed by atoms with E-state index >= 15 is 0 Å². The van der Waals surface area contributed by atoms with Crippen LogP contribution >= 0.6 is 11.6 Å². The summed E-state index contributed by atoms with van der Waals surface area (Å²) in [6, 6.07) is 0.120. The van der Waals surface area contributed by atoms with Gasteiger partial charge in [0.05, 0.1) is 24.5 Å². The molecule has 1 saturated heterocycles. The summed E-state index contributed by atoms with van der Waals surface area (Å²) in [4.78, 5) is 23.2. The first kappa shape index (κ1) is 23.4. The standard InChI is InChI=1S/C22H32ClN7O3/c1-13-8-10-32-19-17(26-20-24-11-16(23)18(25-13)27-20)14(2)30(28-19)15-7-6-9-29(12-15)21(31)33-22(3,4)5/h11,13,15H,6-10,12H2,1-5H3,(H2,24,25,26,27)/t13-,15?/m1/s1. The second-order valence-corrected chi connectivity index (χ2v) is 10.0. The number of anilines is 3. The van der Waals surface area contributed by atoms with Gasteiger partial charge < -0.3 is 25.0 Å². The van der Waals surface area contributed by atoms with E-state index in [1.54, 1.807) is 11.1 Å². The number of nitrogens with zero attached hydrogens (tertiary/aromatic N) is 5. The zero-order valence-corrected chi connectivity index (χ0v) is 20.6. The Balaban J connectivity index is 1.61. The van der Waals surface area contributed by atoms with Gasteiger partial charge in [-0.2, -0.15) is 4.98 Å². The van der Waals surface area contributed by atoms with Crippen LogP contribution in [0, 0.1) is 6.92 Å². The van der Waals surface area contributed by atoms with Gasteiger partial charge in [-0.05, 0) is 47.5 Å². The van der Waals surface area contributed by atoms with Crippen molar-refractivity contribution in [2.75, 3.05) is 30.3 Å². The van der Waals surface area contributed by atoms with Gasteiger partial charge in [-0.1, -0.05) is 11.6 Å². The van der Waals surface area contributed by atoms with Gasteiger partial charge in [0.1, 0.15) is 16.3 Å². The summed E-state index contributed by atoms with van der Waals surface area (Å²) in [5.74, 6) is 1.48. The highest BCUT2D eigenvalue weighted by atomic mass is 35.5. The molecular formula is C22H32ClN7O3. The van der Waals surface area contributed by atoms with Crippen LogP contribution in [0.3, 0.4) is 0 Å². The maximum atomic E-state index is 12.6. The van der Waals surface area contributed by atoms with Crippen LogP contribution in [0.15, 0.2) is 6.20 Å². The molecule has 0 aromatic carbocycles. The van der Waals surface area contributed by atoms with Gasteiger partial charge in [0.25, 0.3) is 5.88 Å². The molecule has 4 heterocycles. The fraction of sp³-hybridized carbons (Fsp3) is 0.636. The lowest BCUT2D eigenvalue weighted by Crippen LogP contribution is -2.43. The van der Waals surface area contributed by atoms with E-state index in [4.69, 9.17) is 26.2 Å². The normalized spacial score (nSPS) is 21.1. The Morgan fingerprint density at radius 2 is 2.12 bits per heavy atom. The fourth-order valence-electron chi connectivity index (χ4n) is 4.02. The number of fused-ring (bicyclic) bond motifs is 3. The monoisotopic (exact) mass is 477 g/mol. The van der Waals surface area contributed by atoms with E-state index in [1.165, 1.54) is 0 Å². The third-order valence-corrected chi connectivity index (χ3v) is 5.94. The molecule has 2 aromatic rings. The van der Waals surface area contributed by atoms with E-state index in [2.05, 4.69) is 20.6 Å². The lowest BCUT2D eigenvalue weighted by atomic mass is 10.1. The first-order valence-electron chi connectivity index (χ1n) is 11.4. The molecule has 0 radical (unpaired) electrons. The molecule has 11 heteroatoms. The van der Waals surface area contributed by atoms with Crippen molar-refractivity contribution in [3.8, 4) is 5.88 Å². The Labute approximate surface area is 199 Å². The number of ether oxygens (including phenoxy) is 2. The summed E-state index contributed by atoms with van der Waals surface area (Å²) in [6.45, 7) is 11.3. The van der Waals surface area contributed by atoms with E-state index in [-0.39, 0.29) is 18.2 Å². The van der Waals surface area contributed by atoms with Gasteiger partial charge in [-0.3, -0.25) is 4.68 Å². The van der Waals surface area contributed by atoms with E-state index < -0.39 is 5.60 Å². The molecule has 0 spiro atoms. The third kappa shape index (κ3) is 5.43. The van der Waals surface area contributed by atoms with Crippen molar-refractivity contribution in [2.24, 2.45) is 0 Å². The summed E-state index contributed by atoms with van der Waals surface area (Å²) in [6.07, 6.45) is 3.80. The van der Waals surface area contributed by atoms with Crippen LogP contribution in [0.4, 0.5) is 22.2 Å². The molecule has 10 nitrogen and oxygen atoms in total. The molecular weight excluding hydrogens is 446 g/mol. The van der Waals surface area contributed by atoms with Gasteiger partial charge in [0, 0.05) is 25.6 Å².